The Morgan fingerprint density at radius 1 is 0.882 bits per heavy atom. The number of nitrogens with zero attached hydrogens (tertiary/aromatic N) is 1. The number of hydrogen-bond donors (Lipinski definition) is 0. The summed E-state index contributed by atoms with van der Waals surface area (Å²) < 4.78 is 0. The molecule has 0 saturated heterocycles. The summed E-state index contributed by atoms with van der Waals surface area (Å²) in [5, 5.41) is 9.24. The number of nitriles is 1. The Morgan fingerprint density at radius 3 is 1.65 bits per heavy atom. The summed E-state index contributed by atoms with van der Waals surface area (Å²) in [5.41, 5.74) is 5.32. The molecule has 0 bridgehead atoms. The van der Waals surface area contributed by atoms with Crippen molar-refractivity contribution >= 4 is 8.80 Å². The molecular formula is C15H15NSi. The monoisotopic (exact) mass is 237 g/mol. The number of rotatable bonds is 3. The quantitative estimate of drug-likeness (QED) is 0.752. The van der Waals surface area contributed by atoms with Crippen LogP contribution in [0.2, 0.25) is 6.55 Å². The molecule has 0 aliphatic carbocycles. The first-order valence-corrected chi connectivity index (χ1v) is 8.22. The minimum absolute atomic E-state index is 0.294. The van der Waals surface area contributed by atoms with E-state index in [0.29, 0.717) is 5.54 Å². The highest BCUT2D eigenvalue weighted by Crippen LogP contribution is 2.26. The maximum atomic E-state index is 9.24. The summed E-state index contributed by atoms with van der Waals surface area (Å²) in [4.78, 5) is 0. The molecule has 17 heavy (non-hydrogen) atoms. The van der Waals surface area contributed by atoms with Crippen LogP contribution in [0.15, 0.2) is 60.7 Å². The second-order valence-corrected chi connectivity index (χ2v) is 6.72. The number of hydrogen-bond acceptors (Lipinski definition) is 1. The predicted octanol–water partition coefficient (Wildman–Crippen LogP) is 3.28. The molecule has 2 aromatic rings. The van der Waals surface area contributed by atoms with Crippen LogP contribution in [-0.2, 0) is 0 Å². The van der Waals surface area contributed by atoms with Crippen molar-refractivity contribution in [2.45, 2.75) is 12.1 Å². The van der Waals surface area contributed by atoms with Crippen molar-refractivity contribution in [1.82, 2.24) is 0 Å². The fourth-order valence-corrected chi connectivity index (χ4v) is 3.91. The fourth-order valence-electron chi connectivity index (χ4n) is 2.17. The van der Waals surface area contributed by atoms with Crippen molar-refractivity contribution < 1.29 is 0 Å². The normalized spacial score (nSPS) is 12.1. The van der Waals surface area contributed by atoms with Gasteiger partial charge >= 0.3 is 0 Å². The lowest BCUT2D eigenvalue weighted by Gasteiger charge is -2.18. The lowest BCUT2D eigenvalue weighted by molar-refractivity contribution is 1.11. The highest BCUT2D eigenvalue weighted by atomic mass is 28.3. The minimum atomic E-state index is -1.44. The Bertz CT molecular complexity index is 462. The van der Waals surface area contributed by atoms with E-state index < -0.39 is 8.80 Å². The molecule has 0 aliphatic heterocycles. The van der Waals surface area contributed by atoms with Gasteiger partial charge in [-0.15, -0.1) is 0 Å². The Morgan fingerprint density at radius 2 is 1.29 bits per heavy atom. The van der Waals surface area contributed by atoms with Crippen molar-refractivity contribution in [2.24, 2.45) is 0 Å². The van der Waals surface area contributed by atoms with Gasteiger partial charge in [-0.1, -0.05) is 67.2 Å². The lowest BCUT2D eigenvalue weighted by Crippen LogP contribution is -2.19. The lowest BCUT2D eigenvalue weighted by atomic mass is 10.0. The molecule has 0 N–H and O–H groups in total. The standard InChI is InChI=1S/C15H15NSi/c1-17(12-16)15(13-8-4-2-5-9-13)14-10-6-3-7-11-14/h2-11,15,17H,1H3. The SMILES string of the molecule is C[SiH](C#N)C(c1ccccc1)c1ccccc1. The largest absolute Gasteiger partial charge is 0.207 e. The average molecular weight is 237 g/mol. The number of benzene rings is 2. The van der Waals surface area contributed by atoms with Crippen LogP contribution in [0.1, 0.15) is 16.7 Å². The van der Waals surface area contributed by atoms with Crippen LogP contribution in [0, 0.1) is 11.0 Å². The van der Waals surface area contributed by atoms with Gasteiger partial charge in [0, 0.05) is 11.2 Å². The van der Waals surface area contributed by atoms with Crippen molar-refractivity contribution in [2.75, 3.05) is 0 Å². The zero-order valence-electron chi connectivity index (χ0n) is 9.88. The van der Waals surface area contributed by atoms with Crippen molar-refractivity contribution in [3.05, 3.63) is 71.8 Å². The van der Waals surface area contributed by atoms with E-state index in [0.717, 1.165) is 0 Å². The molecule has 1 atom stereocenters. The molecule has 0 aliphatic rings. The van der Waals surface area contributed by atoms with Crippen LogP contribution in [0.5, 0.6) is 0 Å². The third-order valence-electron chi connectivity index (χ3n) is 3.02. The Kier molecular flexibility index (Phi) is 3.74. The molecule has 0 radical (unpaired) electrons. The molecule has 0 aromatic heterocycles. The summed E-state index contributed by atoms with van der Waals surface area (Å²) in [6.45, 7) is 2.12. The third kappa shape index (κ3) is 2.63. The van der Waals surface area contributed by atoms with E-state index >= 15 is 0 Å². The third-order valence-corrected chi connectivity index (χ3v) is 5.20. The van der Waals surface area contributed by atoms with Crippen molar-refractivity contribution in [3.63, 3.8) is 0 Å². The van der Waals surface area contributed by atoms with Gasteiger partial charge in [-0.2, -0.15) is 0 Å². The molecule has 0 fully saturated rings. The van der Waals surface area contributed by atoms with E-state index in [4.69, 9.17) is 0 Å². The Hall–Kier alpha value is -1.85. The highest BCUT2D eigenvalue weighted by molar-refractivity contribution is 6.67. The second-order valence-electron chi connectivity index (χ2n) is 4.22. The summed E-state index contributed by atoms with van der Waals surface area (Å²) >= 11 is 0. The molecule has 1 nitrogen and oxygen atoms in total. The van der Waals surface area contributed by atoms with E-state index in [9.17, 15) is 5.26 Å². The summed E-state index contributed by atoms with van der Waals surface area (Å²) in [6.07, 6.45) is 0. The zero-order valence-corrected chi connectivity index (χ0v) is 11.0. The first-order valence-electron chi connectivity index (χ1n) is 5.82. The van der Waals surface area contributed by atoms with Gasteiger partial charge in [0.2, 0.25) is 0 Å². The topological polar surface area (TPSA) is 23.8 Å². The molecule has 0 saturated carbocycles. The van der Waals surface area contributed by atoms with Gasteiger partial charge in [-0.3, -0.25) is 0 Å². The summed E-state index contributed by atoms with van der Waals surface area (Å²) in [7, 11) is -1.44. The molecule has 84 valence electrons. The Labute approximate surface area is 104 Å². The molecule has 2 aromatic carbocycles. The van der Waals surface area contributed by atoms with Crippen molar-refractivity contribution in [1.29, 1.82) is 5.26 Å². The van der Waals surface area contributed by atoms with E-state index in [1.165, 1.54) is 11.1 Å². The molecule has 0 amide bonds. The molecule has 0 heterocycles. The Balaban J connectivity index is 2.44. The fraction of sp³-hybridized carbons (Fsp3) is 0.133. The highest BCUT2D eigenvalue weighted by Gasteiger charge is 2.22. The van der Waals surface area contributed by atoms with Gasteiger partial charge in [0.15, 0.2) is 8.80 Å². The van der Waals surface area contributed by atoms with E-state index in [-0.39, 0.29) is 0 Å². The van der Waals surface area contributed by atoms with E-state index in [1.54, 1.807) is 0 Å². The maximum absolute atomic E-state index is 9.24. The van der Waals surface area contributed by atoms with Crippen molar-refractivity contribution in [3.8, 4) is 5.69 Å². The van der Waals surface area contributed by atoms with Crippen LogP contribution < -0.4 is 0 Å². The second kappa shape index (κ2) is 5.47. The maximum Gasteiger partial charge on any atom is 0.166 e. The molecular weight excluding hydrogens is 222 g/mol. The van der Waals surface area contributed by atoms with Gasteiger partial charge in [0.05, 0.1) is 0 Å². The van der Waals surface area contributed by atoms with Crippen LogP contribution in [0.4, 0.5) is 0 Å². The molecule has 2 rings (SSSR count). The van der Waals surface area contributed by atoms with E-state index in [2.05, 4.69) is 36.5 Å². The molecule has 2 heteroatoms. The minimum Gasteiger partial charge on any atom is -0.207 e. The van der Waals surface area contributed by atoms with Gasteiger partial charge in [-0.25, -0.2) is 5.26 Å². The molecule has 0 spiro atoms. The molecule has 1 unspecified atom stereocenters. The van der Waals surface area contributed by atoms with E-state index in [1.807, 2.05) is 36.4 Å². The zero-order chi connectivity index (χ0) is 12.1. The smallest absolute Gasteiger partial charge is 0.166 e. The van der Waals surface area contributed by atoms with Gasteiger partial charge in [0.1, 0.15) is 0 Å². The van der Waals surface area contributed by atoms with Crippen LogP contribution >= 0.6 is 0 Å². The van der Waals surface area contributed by atoms with Gasteiger partial charge < -0.3 is 0 Å². The van der Waals surface area contributed by atoms with Gasteiger partial charge in [-0.05, 0) is 11.1 Å². The predicted molar refractivity (Wildman–Crippen MR) is 73.4 cm³/mol. The van der Waals surface area contributed by atoms with Gasteiger partial charge in [0.25, 0.3) is 0 Å². The van der Waals surface area contributed by atoms with Crippen LogP contribution in [0.25, 0.3) is 0 Å². The van der Waals surface area contributed by atoms with Crippen LogP contribution in [0.3, 0.4) is 0 Å². The first-order chi connectivity index (χ1) is 8.33. The summed E-state index contributed by atoms with van der Waals surface area (Å²) in [6, 6.07) is 20.7. The first kappa shape index (κ1) is 11.6. The summed E-state index contributed by atoms with van der Waals surface area (Å²) in [5.74, 6) is 0. The van der Waals surface area contributed by atoms with Crippen LogP contribution in [-0.4, -0.2) is 8.80 Å². The average Bonchev–Trinajstić information content (AvgIpc) is 2.41.